The molecule has 0 saturated carbocycles. The molecule has 1 saturated heterocycles. The number of hydrogen-bond donors (Lipinski definition) is 0. The third-order valence-electron chi connectivity index (χ3n) is 3.62. The molecule has 25 heavy (non-hydrogen) atoms. The molecule has 0 radical (unpaired) electrons. The van der Waals surface area contributed by atoms with E-state index in [9.17, 15) is 9.59 Å². The Morgan fingerprint density at radius 2 is 1.56 bits per heavy atom. The van der Waals surface area contributed by atoms with Crippen molar-refractivity contribution < 1.29 is 19.1 Å². The summed E-state index contributed by atoms with van der Waals surface area (Å²) >= 11 is 0. The van der Waals surface area contributed by atoms with Crippen molar-refractivity contribution in [1.82, 2.24) is 9.80 Å². The number of benzene rings is 1. The van der Waals surface area contributed by atoms with Crippen LogP contribution in [0.15, 0.2) is 24.3 Å². The van der Waals surface area contributed by atoms with E-state index in [-0.39, 0.29) is 12.0 Å². The van der Waals surface area contributed by atoms with Crippen LogP contribution in [-0.2, 0) is 9.53 Å². The van der Waals surface area contributed by atoms with Crippen LogP contribution in [0.5, 0.6) is 5.75 Å². The zero-order valence-electron chi connectivity index (χ0n) is 15.2. The average Bonchev–Trinajstić information content (AvgIpc) is 2.58. The highest BCUT2D eigenvalue weighted by Crippen LogP contribution is 2.12. The third kappa shape index (κ3) is 5.71. The summed E-state index contributed by atoms with van der Waals surface area (Å²) < 4.78 is 10.4. The number of methoxy groups -OCH3 is 1. The van der Waals surface area contributed by atoms with E-state index in [1.54, 1.807) is 41.2 Å². The number of carbonyl (C=O) groups excluding carboxylic acids is 2. The van der Waals surface area contributed by atoms with E-state index in [1.807, 2.05) is 20.8 Å². The minimum absolute atomic E-state index is 0.236. The molecule has 0 bridgehead atoms. The van der Waals surface area contributed by atoms with E-state index < -0.39 is 5.60 Å². The lowest BCUT2D eigenvalue weighted by molar-refractivity contribution is -0.126. The predicted octanol–water partition coefficient (Wildman–Crippen LogP) is 2.13. The number of amides is 2. The molecule has 1 aromatic rings. The standard InChI is InChI=1S/C19H24N2O4/c1-19(2,3)25-18(23)21-13-11-20(12-14-21)17(22)10-7-15-5-8-16(24-4)9-6-15/h5-6,8-9H,11-14H2,1-4H3. The molecule has 0 spiro atoms. The van der Waals surface area contributed by atoms with Gasteiger partial charge in [-0.15, -0.1) is 0 Å². The minimum atomic E-state index is -0.520. The molecule has 1 heterocycles. The lowest BCUT2D eigenvalue weighted by atomic mass is 10.2. The molecule has 134 valence electrons. The van der Waals surface area contributed by atoms with Gasteiger partial charge in [0.25, 0.3) is 5.91 Å². The fraction of sp³-hybridized carbons (Fsp3) is 0.474. The minimum Gasteiger partial charge on any atom is -0.497 e. The molecule has 0 unspecified atom stereocenters. The summed E-state index contributed by atoms with van der Waals surface area (Å²) in [5.41, 5.74) is 0.231. The Kier molecular flexibility index (Phi) is 5.92. The quantitative estimate of drug-likeness (QED) is 0.732. The van der Waals surface area contributed by atoms with Gasteiger partial charge in [-0.2, -0.15) is 0 Å². The highest BCUT2D eigenvalue weighted by molar-refractivity contribution is 5.94. The van der Waals surface area contributed by atoms with Crippen LogP contribution in [0.4, 0.5) is 4.79 Å². The van der Waals surface area contributed by atoms with Gasteiger partial charge in [0.15, 0.2) is 0 Å². The molecule has 0 atom stereocenters. The largest absolute Gasteiger partial charge is 0.497 e. The Hall–Kier alpha value is -2.68. The van der Waals surface area contributed by atoms with E-state index in [0.717, 1.165) is 11.3 Å². The van der Waals surface area contributed by atoms with Gasteiger partial charge in [-0.3, -0.25) is 4.79 Å². The second-order valence-electron chi connectivity index (χ2n) is 6.74. The first-order valence-corrected chi connectivity index (χ1v) is 8.21. The Morgan fingerprint density at radius 1 is 1.00 bits per heavy atom. The fourth-order valence-electron chi connectivity index (χ4n) is 2.30. The van der Waals surface area contributed by atoms with E-state index in [2.05, 4.69) is 11.8 Å². The lowest BCUT2D eigenvalue weighted by Gasteiger charge is -2.34. The van der Waals surface area contributed by atoms with E-state index in [1.165, 1.54) is 0 Å². The molecule has 1 fully saturated rings. The highest BCUT2D eigenvalue weighted by Gasteiger charge is 2.27. The second-order valence-corrected chi connectivity index (χ2v) is 6.74. The summed E-state index contributed by atoms with van der Waals surface area (Å²) in [6, 6.07) is 7.21. The number of carbonyl (C=O) groups is 2. The monoisotopic (exact) mass is 344 g/mol. The normalized spacial score (nSPS) is 14.4. The van der Waals surface area contributed by atoms with Crippen molar-refractivity contribution in [2.75, 3.05) is 33.3 Å². The Labute approximate surface area is 148 Å². The summed E-state index contributed by atoms with van der Waals surface area (Å²) in [5.74, 6) is 6.02. The van der Waals surface area contributed by atoms with Gasteiger partial charge in [0.2, 0.25) is 0 Å². The van der Waals surface area contributed by atoms with Crippen LogP contribution in [0.3, 0.4) is 0 Å². The Morgan fingerprint density at radius 3 is 2.08 bits per heavy atom. The van der Waals surface area contributed by atoms with Gasteiger partial charge in [0.1, 0.15) is 11.4 Å². The van der Waals surface area contributed by atoms with Crippen LogP contribution in [-0.4, -0.2) is 60.7 Å². The molecule has 2 rings (SSSR count). The van der Waals surface area contributed by atoms with Gasteiger partial charge in [0, 0.05) is 37.7 Å². The highest BCUT2D eigenvalue weighted by atomic mass is 16.6. The van der Waals surface area contributed by atoms with Gasteiger partial charge in [-0.05, 0) is 45.0 Å². The van der Waals surface area contributed by atoms with Crippen molar-refractivity contribution in [3.63, 3.8) is 0 Å². The summed E-state index contributed by atoms with van der Waals surface area (Å²) in [4.78, 5) is 27.5. The number of hydrogen-bond acceptors (Lipinski definition) is 4. The Bertz CT molecular complexity index is 672. The Balaban J connectivity index is 1.87. The topological polar surface area (TPSA) is 59.1 Å². The van der Waals surface area contributed by atoms with Crippen molar-refractivity contribution >= 4 is 12.0 Å². The van der Waals surface area contributed by atoms with Gasteiger partial charge >= 0.3 is 6.09 Å². The number of ether oxygens (including phenoxy) is 2. The van der Waals surface area contributed by atoms with Gasteiger partial charge in [-0.25, -0.2) is 4.79 Å². The van der Waals surface area contributed by atoms with Crippen LogP contribution in [0.25, 0.3) is 0 Å². The number of nitrogens with zero attached hydrogens (tertiary/aromatic N) is 2. The zero-order chi connectivity index (χ0) is 18.4. The molecular formula is C19H24N2O4. The fourth-order valence-corrected chi connectivity index (χ4v) is 2.30. The molecule has 1 aliphatic rings. The molecule has 0 N–H and O–H groups in total. The molecule has 6 nitrogen and oxygen atoms in total. The summed E-state index contributed by atoms with van der Waals surface area (Å²) in [5, 5.41) is 0. The first kappa shape index (κ1) is 18.7. The van der Waals surface area contributed by atoms with Crippen molar-refractivity contribution in [3.05, 3.63) is 29.8 Å². The zero-order valence-corrected chi connectivity index (χ0v) is 15.2. The number of piperazine rings is 1. The maximum atomic E-state index is 12.2. The van der Waals surface area contributed by atoms with Crippen LogP contribution < -0.4 is 4.74 Å². The second kappa shape index (κ2) is 7.93. The van der Waals surface area contributed by atoms with Crippen LogP contribution in [0.2, 0.25) is 0 Å². The van der Waals surface area contributed by atoms with Gasteiger partial charge in [0.05, 0.1) is 7.11 Å². The smallest absolute Gasteiger partial charge is 0.410 e. The van der Waals surface area contributed by atoms with Crippen molar-refractivity contribution in [2.45, 2.75) is 26.4 Å². The van der Waals surface area contributed by atoms with Crippen LogP contribution in [0, 0.1) is 11.8 Å². The molecule has 0 aromatic heterocycles. The van der Waals surface area contributed by atoms with Crippen molar-refractivity contribution in [2.24, 2.45) is 0 Å². The maximum Gasteiger partial charge on any atom is 0.410 e. The molecular weight excluding hydrogens is 320 g/mol. The molecule has 1 aromatic carbocycles. The van der Waals surface area contributed by atoms with Crippen molar-refractivity contribution in [3.8, 4) is 17.6 Å². The molecule has 6 heteroatoms. The first-order chi connectivity index (χ1) is 11.8. The lowest BCUT2D eigenvalue weighted by Crippen LogP contribution is -2.51. The van der Waals surface area contributed by atoms with E-state index in [0.29, 0.717) is 26.2 Å². The molecule has 2 amide bonds. The van der Waals surface area contributed by atoms with Gasteiger partial charge in [-0.1, -0.05) is 5.92 Å². The van der Waals surface area contributed by atoms with Crippen molar-refractivity contribution in [1.29, 1.82) is 0 Å². The van der Waals surface area contributed by atoms with E-state index in [4.69, 9.17) is 9.47 Å². The average molecular weight is 344 g/mol. The third-order valence-corrected chi connectivity index (χ3v) is 3.62. The van der Waals surface area contributed by atoms with Crippen LogP contribution in [0.1, 0.15) is 26.3 Å². The summed E-state index contributed by atoms with van der Waals surface area (Å²) in [7, 11) is 1.60. The first-order valence-electron chi connectivity index (χ1n) is 8.21. The van der Waals surface area contributed by atoms with Crippen LogP contribution >= 0.6 is 0 Å². The predicted molar refractivity (Wildman–Crippen MR) is 94.3 cm³/mol. The van der Waals surface area contributed by atoms with Gasteiger partial charge < -0.3 is 19.3 Å². The number of rotatable bonds is 1. The maximum absolute atomic E-state index is 12.2. The van der Waals surface area contributed by atoms with E-state index >= 15 is 0 Å². The summed E-state index contributed by atoms with van der Waals surface area (Å²) in [6.45, 7) is 7.30. The summed E-state index contributed by atoms with van der Waals surface area (Å²) in [6.07, 6.45) is -0.344. The molecule has 1 aliphatic heterocycles. The molecule has 0 aliphatic carbocycles. The SMILES string of the molecule is COc1ccc(C#CC(=O)N2CCN(C(=O)OC(C)(C)C)CC2)cc1.